The van der Waals surface area contributed by atoms with Crippen molar-refractivity contribution in [3.8, 4) is 23.0 Å². The summed E-state index contributed by atoms with van der Waals surface area (Å²) in [6.45, 7) is 0.0527. The third-order valence-electron chi connectivity index (χ3n) is 7.65. The van der Waals surface area contributed by atoms with Crippen LogP contribution in [0.3, 0.4) is 0 Å². The highest BCUT2D eigenvalue weighted by atomic mass is 16.5. The summed E-state index contributed by atoms with van der Waals surface area (Å²) in [5, 5.41) is 5.03. The molecule has 0 fully saturated rings. The number of ether oxygens (including phenoxy) is 2. The molecule has 0 N–H and O–H groups in total. The molecule has 3 nitrogen and oxygen atoms in total. The summed E-state index contributed by atoms with van der Waals surface area (Å²) in [6, 6.07) is 34.2. The summed E-state index contributed by atoms with van der Waals surface area (Å²) in [5.74, 6) is 3.62. The molecule has 0 radical (unpaired) electrons. The highest BCUT2D eigenvalue weighted by Gasteiger charge is 2.42. The molecular formula is C30H16BNO2. The third kappa shape index (κ3) is 1.85. The van der Waals surface area contributed by atoms with Gasteiger partial charge in [0.25, 0.3) is 6.71 Å². The van der Waals surface area contributed by atoms with E-state index >= 15 is 0 Å². The lowest BCUT2D eigenvalue weighted by molar-refractivity contribution is 0.465. The highest BCUT2D eigenvalue weighted by Crippen LogP contribution is 2.43. The van der Waals surface area contributed by atoms with Gasteiger partial charge in [0.1, 0.15) is 23.0 Å². The number of nitrogens with zero attached hydrogens (tertiary/aromatic N) is 1. The van der Waals surface area contributed by atoms with Crippen LogP contribution in [0, 0.1) is 0 Å². The van der Waals surface area contributed by atoms with Crippen molar-refractivity contribution in [3.05, 3.63) is 97.1 Å². The Kier molecular flexibility index (Phi) is 2.88. The van der Waals surface area contributed by atoms with E-state index in [1.807, 2.05) is 12.1 Å². The Morgan fingerprint density at radius 2 is 1.18 bits per heavy atom. The molecule has 0 atom stereocenters. The number of hydrogen-bond donors (Lipinski definition) is 0. The zero-order valence-corrected chi connectivity index (χ0v) is 18.1. The lowest BCUT2D eigenvalue weighted by atomic mass is 9.34. The molecule has 0 amide bonds. The molecule has 0 saturated heterocycles. The second-order valence-electron chi connectivity index (χ2n) is 9.27. The summed E-state index contributed by atoms with van der Waals surface area (Å²) >= 11 is 0. The van der Waals surface area contributed by atoms with Crippen LogP contribution in [0.2, 0.25) is 0 Å². The van der Waals surface area contributed by atoms with E-state index < -0.39 is 0 Å². The number of para-hydroxylation sites is 3. The van der Waals surface area contributed by atoms with Gasteiger partial charge in [-0.1, -0.05) is 60.7 Å². The summed E-state index contributed by atoms with van der Waals surface area (Å²) in [6.07, 6.45) is 0. The normalized spacial score (nSPS) is 13.7. The third-order valence-corrected chi connectivity index (χ3v) is 7.65. The number of aromatic nitrogens is 1. The van der Waals surface area contributed by atoms with Crippen molar-refractivity contribution in [2.75, 3.05) is 0 Å². The lowest BCUT2D eigenvalue weighted by Crippen LogP contribution is -2.57. The Morgan fingerprint density at radius 1 is 0.529 bits per heavy atom. The van der Waals surface area contributed by atoms with Crippen LogP contribution in [0.4, 0.5) is 0 Å². The van der Waals surface area contributed by atoms with Crippen LogP contribution >= 0.6 is 0 Å². The number of fused-ring (bicyclic) bond motifs is 11. The molecule has 0 bridgehead atoms. The molecule has 2 aliphatic heterocycles. The van der Waals surface area contributed by atoms with Gasteiger partial charge >= 0.3 is 0 Å². The van der Waals surface area contributed by atoms with Gasteiger partial charge in [-0.25, -0.2) is 0 Å². The molecule has 34 heavy (non-hydrogen) atoms. The van der Waals surface area contributed by atoms with Gasteiger partial charge in [0.15, 0.2) is 0 Å². The minimum absolute atomic E-state index is 0.0527. The minimum Gasteiger partial charge on any atom is -0.458 e. The fraction of sp³-hybridized carbons (Fsp3) is 0. The maximum Gasteiger partial charge on any atom is 0.261 e. The standard InChI is InChI=1S/C30H16BNO2/c1-4-11-21-17(8-1)19-16-26-29(27-18-9-2-5-12-22(18)32(21)30(19)27)31-20-10-3-6-13-23(20)33-24-14-7-15-25(34-26)28(24)31/h1-16H. The summed E-state index contributed by atoms with van der Waals surface area (Å²) in [4.78, 5) is 0. The van der Waals surface area contributed by atoms with Crippen LogP contribution in [0.5, 0.6) is 23.0 Å². The first-order valence-electron chi connectivity index (χ1n) is 11.7. The average Bonchev–Trinajstić information content (AvgIpc) is 3.40. The van der Waals surface area contributed by atoms with Gasteiger partial charge in [0, 0.05) is 27.0 Å². The van der Waals surface area contributed by atoms with Crippen LogP contribution in [-0.2, 0) is 0 Å². The Balaban J connectivity index is 1.55. The van der Waals surface area contributed by atoms with E-state index in [-0.39, 0.29) is 6.71 Å². The quantitative estimate of drug-likeness (QED) is 0.292. The SMILES string of the molecule is c1ccc2c(c1)Oc1cccc3c1B2c1c(cc2c4ccccc4n4c5ccccc5c1c24)O3. The van der Waals surface area contributed by atoms with Gasteiger partial charge in [0.2, 0.25) is 0 Å². The van der Waals surface area contributed by atoms with Gasteiger partial charge in [0.05, 0.1) is 16.6 Å². The van der Waals surface area contributed by atoms with Gasteiger partial charge in [-0.2, -0.15) is 0 Å². The molecule has 2 aromatic heterocycles. The van der Waals surface area contributed by atoms with Crippen LogP contribution in [0.1, 0.15) is 0 Å². The summed E-state index contributed by atoms with van der Waals surface area (Å²) < 4.78 is 15.4. The van der Waals surface area contributed by atoms with Gasteiger partial charge in [-0.3, -0.25) is 0 Å². The van der Waals surface area contributed by atoms with E-state index in [2.05, 4.69) is 89.3 Å². The molecule has 156 valence electrons. The molecule has 9 rings (SSSR count). The van der Waals surface area contributed by atoms with E-state index in [0.29, 0.717) is 0 Å². The van der Waals surface area contributed by atoms with Crippen molar-refractivity contribution in [1.82, 2.24) is 4.40 Å². The van der Waals surface area contributed by atoms with Crippen LogP contribution in [0.25, 0.3) is 38.1 Å². The van der Waals surface area contributed by atoms with Gasteiger partial charge in [-0.15, -0.1) is 0 Å². The van der Waals surface area contributed by atoms with Crippen LogP contribution in [0.15, 0.2) is 97.1 Å². The summed E-state index contributed by atoms with van der Waals surface area (Å²) in [7, 11) is 0. The number of hydrogen-bond acceptors (Lipinski definition) is 2. The fourth-order valence-corrected chi connectivity index (χ4v) is 6.38. The van der Waals surface area contributed by atoms with Crippen LogP contribution < -0.4 is 25.9 Å². The monoisotopic (exact) mass is 433 g/mol. The molecule has 2 aliphatic rings. The van der Waals surface area contributed by atoms with Crippen LogP contribution in [-0.4, -0.2) is 11.1 Å². The minimum atomic E-state index is 0.0527. The molecule has 0 unspecified atom stereocenters. The van der Waals surface area contributed by atoms with E-state index in [9.17, 15) is 0 Å². The molecular weight excluding hydrogens is 417 g/mol. The van der Waals surface area contributed by atoms with E-state index in [1.54, 1.807) is 0 Å². The molecule has 0 saturated carbocycles. The number of benzene rings is 5. The molecule has 7 aromatic rings. The Hall–Kier alpha value is -4.44. The zero-order chi connectivity index (χ0) is 22.0. The smallest absolute Gasteiger partial charge is 0.261 e. The first-order valence-corrected chi connectivity index (χ1v) is 11.7. The van der Waals surface area contributed by atoms with Gasteiger partial charge in [-0.05, 0) is 47.3 Å². The van der Waals surface area contributed by atoms with E-state index in [4.69, 9.17) is 9.47 Å². The maximum absolute atomic E-state index is 6.66. The van der Waals surface area contributed by atoms with Crippen molar-refractivity contribution in [1.29, 1.82) is 0 Å². The lowest BCUT2D eigenvalue weighted by Gasteiger charge is -2.33. The Bertz CT molecular complexity index is 1990. The van der Waals surface area contributed by atoms with Crippen molar-refractivity contribution in [2.24, 2.45) is 0 Å². The molecule has 0 spiro atoms. The highest BCUT2D eigenvalue weighted by molar-refractivity contribution is 7.00. The van der Waals surface area contributed by atoms with Gasteiger partial charge < -0.3 is 13.9 Å². The van der Waals surface area contributed by atoms with E-state index in [1.165, 1.54) is 49.0 Å². The summed E-state index contributed by atoms with van der Waals surface area (Å²) in [5.41, 5.74) is 7.28. The van der Waals surface area contributed by atoms with Crippen molar-refractivity contribution in [2.45, 2.75) is 0 Å². The predicted molar refractivity (Wildman–Crippen MR) is 139 cm³/mol. The fourth-order valence-electron chi connectivity index (χ4n) is 6.38. The first-order chi connectivity index (χ1) is 16.9. The molecule has 4 heteroatoms. The second kappa shape index (κ2) is 5.73. The topological polar surface area (TPSA) is 22.9 Å². The van der Waals surface area contributed by atoms with Crippen molar-refractivity contribution < 1.29 is 9.47 Å². The zero-order valence-electron chi connectivity index (χ0n) is 18.1. The Labute approximate surface area is 195 Å². The van der Waals surface area contributed by atoms with Crippen molar-refractivity contribution in [3.63, 3.8) is 0 Å². The van der Waals surface area contributed by atoms with E-state index in [0.717, 1.165) is 28.5 Å². The Morgan fingerprint density at radius 3 is 2.03 bits per heavy atom. The largest absolute Gasteiger partial charge is 0.458 e. The maximum atomic E-state index is 6.66. The van der Waals surface area contributed by atoms with Crippen molar-refractivity contribution >= 4 is 61.2 Å². The second-order valence-corrected chi connectivity index (χ2v) is 9.27. The number of rotatable bonds is 0. The predicted octanol–water partition coefficient (Wildman–Crippen LogP) is 5.56. The molecule has 4 heterocycles. The molecule has 5 aromatic carbocycles. The molecule has 0 aliphatic carbocycles. The average molecular weight is 433 g/mol. The first kappa shape index (κ1) is 17.1.